The topological polar surface area (TPSA) is 60.2 Å². The van der Waals surface area contributed by atoms with E-state index in [1.165, 1.54) is 19.3 Å². The maximum atomic E-state index is 13.0. The maximum Gasteiger partial charge on any atom is 0.227 e. The molecule has 1 amide bonds. The minimum absolute atomic E-state index is 0.0690. The van der Waals surface area contributed by atoms with Crippen molar-refractivity contribution in [3.05, 3.63) is 41.5 Å². The van der Waals surface area contributed by atoms with Crippen LogP contribution in [-0.2, 0) is 24.2 Å². The Morgan fingerprint density at radius 1 is 1.11 bits per heavy atom. The van der Waals surface area contributed by atoms with Crippen molar-refractivity contribution >= 4 is 5.91 Å². The first kappa shape index (κ1) is 18.0. The zero-order valence-corrected chi connectivity index (χ0v) is 16.1. The van der Waals surface area contributed by atoms with Crippen LogP contribution in [0.2, 0.25) is 0 Å². The van der Waals surface area contributed by atoms with Crippen LogP contribution < -0.4 is 4.74 Å². The summed E-state index contributed by atoms with van der Waals surface area (Å²) in [5, 5.41) is 8.92. The van der Waals surface area contributed by atoms with E-state index < -0.39 is 0 Å². The molecule has 0 bridgehead atoms. The number of likely N-dealkylation sites (tertiary alicyclic amines) is 1. The standard InChI is InChI=1S/C21H28N4O2/c1-2-27-17-11-9-16(10-12-17)15-20(26)24-14-6-7-18(24)21-23-22-19-8-4-3-5-13-25(19)21/h9-12,18H,2-8,13-15H2,1H3. The van der Waals surface area contributed by atoms with E-state index >= 15 is 0 Å². The summed E-state index contributed by atoms with van der Waals surface area (Å²) in [5.74, 6) is 3.10. The molecule has 0 spiro atoms. The predicted molar refractivity (Wildman–Crippen MR) is 103 cm³/mol. The Bertz CT molecular complexity index is 784. The highest BCUT2D eigenvalue weighted by molar-refractivity contribution is 5.79. The number of carbonyl (C=O) groups excluding carboxylic acids is 1. The molecule has 0 aliphatic carbocycles. The molecule has 2 aliphatic heterocycles. The molecule has 6 nitrogen and oxygen atoms in total. The zero-order chi connectivity index (χ0) is 18.6. The van der Waals surface area contributed by atoms with E-state index in [-0.39, 0.29) is 11.9 Å². The minimum Gasteiger partial charge on any atom is -0.494 e. The smallest absolute Gasteiger partial charge is 0.227 e. The number of aryl methyl sites for hydroxylation is 1. The lowest BCUT2D eigenvalue weighted by Gasteiger charge is -2.25. The van der Waals surface area contributed by atoms with Gasteiger partial charge in [0, 0.05) is 19.5 Å². The van der Waals surface area contributed by atoms with Crippen LogP contribution in [0.5, 0.6) is 5.75 Å². The highest BCUT2D eigenvalue weighted by Crippen LogP contribution is 2.33. The molecule has 2 aromatic rings. The fourth-order valence-electron chi connectivity index (χ4n) is 4.23. The normalized spacial score (nSPS) is 19.6. The third kappa shape index (κ3) is 3.84. The van der Waals surface area contributed by atoms with Gasteiger partial charge in [0.25, 0.3) is 0 Å². The average Bonchev–Trinajstić information content (AvgIpc) is 3.24. The van der Waals surface area contributed by atoms with Crippen molar-refractivity contribution in [3.63, 3.8) is 0 Å². The molecule has 4 rings (SSSR count). The lowest BCUT2D eigenvalue weighted by molar-refractivity contribution is -0.131. The molecule has 1 unspecified atom stereocenters. The number of carbonyl (C=O) groups is 1. The molecular weight excluding hydrogens is 340 g/mol. The molecule has 3 heterocycles. The first-order valence-corrected chi connectivity index (χ1v) is 10.2. The molecule has 6 heteroatoms. The molecule has 1 aromatic carbocycles. The summed E-state index contributed by atoms with van der Waals surface area (Å²) in [4.78, 5) is 15.0. The second-order valence-electron chi connectivity index (χ2n) is 7.44. The summed E-state index contributed by atoms with van der Waals surface area (Å²) in [6, 6.07) is 7.91. The van der Waals surface area contributed by atoms with Crippen LogP contribution in [0.1, 0.15) is 62.3 Å². The summed E-state index contributed by atoms with van der Waals surface area (Å²) in [6.45, 7) is 4.41. The van der Waals surface area contributed by atoms with E-state index in [0.717, 1.165) is 55.3 Å². The quantitative estimate of drug-likeness (QED) is 0.812. The Morgan fingerprint density at radius 2 is 1.96 bits per heavy atom. The summed E-state index contributed by atoms with van der Waals surface area (Å²) in [5.41, 5.74) is 1.02. The van der Waals surface area contributed by atoms with Crippen LogP contribution >= 0.6 is 0 Å². The highest BCUT2D eigenvalue weighted by atomic mass is 16.5. The van der Waals surface area contributed by atoms with Gasteiger partial charge in [0.2, 0.25) is 5.91 Å². The number of hydrogen-bond donors (Lipinski definition) is 0. The Hall–Kier alpha value is -2.37. The molecule has 1 aromatic heterocycles. The van der Waals surface area contributed by atoms with Crippen molar-refractivity contribution in [3.8, 4) is 5.75 Å². The van der Waals surface area contributed by atoms with Gasteiger partial charge in [-0.15, -0.1) is 10.2 Å². The van der Waals surface area contributed by atoms with Gasteiger partial charge in [-0.2, -0.15) is 0 Å². The Kier molecular flexibility index (Phi) is 5.41. The molecule has 2 aliphatic rings. The minimum atomic E-state index is 0.0690. The van der Waals surface area contributed by atoms with E-state index in [0.29, 0.717) is 13.0 Å². The summed E-state index contributed by atoms with van der Waals surface area (Å²) in [6.07, 6.45) is 7.03. The SMILES string of the molecule is CCOc1ccc(CC(=O)N2CCCC2c2nnc3n2CCCCC3)cc1. The van der Waals surface area contributed by atoms with E-state index in [2.05, 4.69) is 14.8 Å². The van der Waals surface area contributed by atoms with Gasteiger partial charge < -0.3 is 14.2 Å². The predicted octanol–water partition coefficient (Wildman–Crippen LogP) is 3.31. The number of ether oxygens (including phenoxy) is 1. The Balaban J connectivity index is 1.48. The average molecular weight is 368 g/mol. The molecule has 144 valence electrons. The molecule has 0 N–H and O–H groups in total. The van der Waals surface area contributed by atoms with Gasteiger partial charge in [0.1, 0.15) is 11.6 Å². The van der Waals surface area contributed by atoms with Gasteiger partial charge in [0.05, 0.1) is 19.1 Å². The second kappa shape index (κ2) is 8.11. The maximum absolute atomic E-state index is 13.0. The third-order valence-corrected chi connectivity index (χ3v) is 5.60. The van der Waals surface area contributed by atoms with Crippen molar-refractivity contribution < 1.29 is 9.53 Å². The van der Waals surface area contributed by atoms with Crippen LogP contribution in [0.3, 0.4) is 0 Å². The number of hydrogen-bond acceptors (Lipinski definition) is 4. The molecule has 1 fully saturated rings. The first-order chi connectivity index (χ1) is 13.3. The first-order valence-electron chi connectivity index (χ1n) is 10.2. The second-order valence-corrected chi connectivity index (χ2v) is 7.44. The van der Waals surface area contributed by atoms with Crippen LogP contribution in [-0.4, -0.2) is 38.7 Å². The van der Waals surface area contributed by atoms with Gasteiger partial charge in [0.15, 0.2) is 5.82 Å². The van der Waals surface area contributed by atoms with Gasteiger partial charge in [-0.3, -0.25) is 4.79 Å². The van der Waals surface area contributed by atoms with Crippen molar-refractivity contribution in [2.75, 3.05) is 13.2 Å². The van der Waals surface area contributed by atoms with Gasteiger partial charge in [-0.25, -0.2) is 0 Å². The van der Waals surface area contributed by atoms with Crippen LogP contribution in [0.25, 0.3) is 0 Å². The van der Waals surface area contributed by atoms with E-state index in [9.17, 15) is 4.79 Å². The molecule has 0 radical (unpaired) electrons. The number of benzene rings is 1. The molecular formula is C21H28N4O2. The zero-order valence-electron chi connectivity index (χ0n) is 16.1. The number of rotatable bonds is 5. The largest absolute Gasteiger partial charge is 0.494 e. The van der Waals surface area contributed by atoms with Gasteiger partial charge >= 0.3 is 0 Å². The monoisotopic (exact) mass is 368 g/mol. The van der Waals surface area contributed by atoms with E-state index in [1.807, 2.05) is 36.1 Å². The number of amides is 1. The van der Waals surface area contributed by atoms with E-state index in [4.69, 9.17) is 4.74 Å². The molecule has 1 atom stereocenters. The van der Waals surface area contributed by atoms with Crippen molar-refractivity contribution in [1.29, 1.82) is 0 Å². The van der Waals surface area contributed by atoms with Crippen molar-refractivity contribution in [2.24, 2.45) is 0 Å². The van der Waals surface area contributed by atoms with Crippen molar-refractivity contribution in [2.45, 2.75) is 64.5 Å². The molecule has 27 heavy (non-hydrogen) atoms. The van der Waals surface area contributed by atoms with Crippen LogP contribution in [0.4, 0.5) is 0 Å². The van der Waals surface area contributed by atoms with Crippen LogP contribution in [0, 0.1) is 0 Å². The van der Waals surface area contributed by atoms with Crippen LogP contribution in [0.15, 0.2) is 24.3 Å². The summed E-state index contributed by atoms with van der Waals surface area (Å²) >= 11 is 0. The highest BCUT2D eigenvalue weighted by Gasteiger charge is 2.34. The van der Waals surface area contributed by atoms with Crippen molar-refractivity contribution in [1.82, 2.24) is 19.7 Å². The fraction of sp³-hybridized carbons (Fsp3) is 0.571. The molecule has 1 saturated heterocycles. The van der Waals surface area contributed by atoms with Gasteiger partial charge in [-0.05, 0) is 50.3 Å². The lowest BCUT2D eigenvalue weighted by Crippen LogP contribution is -2.33. The summed E-state index contributed by atoms with van der Waals surface area (Å²) in [7, 11) is 0. The van der Waals surface area contributed by atoms with E-state index in [1.54, 1.807) is 0 Å². The number of nitrogens with zero attached hydrogens (tertiary/aromatic N) is 4. The Morgan fingerprint density at radius 3 is 2.78 bits per heavy atom. The third-order valence-electron chi connectivity index (χ3n) is 5.60. The lowest BCUT2D eigenvalue weighted by atomic mass is 10.1. The Labute approximate surface area is 160 Å². The fourth-order valence-corrected chi connectivity index (χ4v) is 4.23. The van der Waals surface area contributed by atoms with Gasteiger partial charge in [-0.1, -0.05) is 18.6 Å². The number of fused-ring (bicyclic) bond motifs is 1. The summed E-state index contributed by atoms with van der Waals surface area (Å²) < 4.78 is 7.76. The number of aromatic nitrogens is 3. The molecule has 0 saturated carbocycles.